The van der Waals surface area contributed by atoms with Crippen LogP contribution in [0.4, 0.5) is 5.69 Å². The minimum absolute atomic E-state index is 0.0358. The third-order valence-electron chi connectivity index (χ3n) is 3.36. The van der Waals surface area contributed by atoms with Gasteiger partial charge in [0.1, 0.15) is 0 Å². The Bertz CT molecular complexity index is 849. The molecule has 0 heterocycles. The molecule has 3 rings (SSSR count). The summed E-state index contributed by atoms with van der Waals surface area (Å²) in [5.41, 5.74) is 1.54. The highest BCUT2D eigenvalue weighted by Gasteiger charge is 2.06. The second kappa shape index (κ2) is 6.46. The fourth-order valence-electron chi connectivity index (χ4n) is 2.32. The van der Waals surface area contributed by atoms with Gasteiger partial charge in [-0.25, -0.2) is 0 Å². The number of anilines is 1. The summed E-state index contributed by atoms with van der Waals surface area (Å²) in [5.74, 6) is -0.0358. The molecule has 0 saturated carbocycles. The number of nitrogens with one attached hydrogen (secondary N) is 1. The van der Waals surface area contributed by atoms with Crippen molar-refractivity contribution in [2.75, 3.05) is 5.32 Å². The Labute approximate surface area is 134 Å². The van der Waals surface area contributed by atoms with Gasteiger partial charge in [-0.05, 0) is 29.0 Å². The van der Waals surface area contributed by atoms with Gasteiger partial charge >= 0.3 is 0 Å². The van der Waals surface area contributed by atoms with Gasteiger partial charge in [0.05, 0.1) is 0 Å². The molecule has 108 valence electrons. The van der Waals surface area contributed by atoms with Crippen molar-refractivity contribution in [3.8, 4) is 0 Å². The Morgan fingerprint density at radius 3 is 2.59 bits per heavy atom. The standard InChI is InChI=1S/C19H14ClNO/c20-15-7-4-8-16(13-15)21-12-11-19(22)18-10-3-6-14-5-1-2-9-17(14)18/h1-13,21H/b12-11+. The van der Waals surface area contributed by atoms with E-state index in [0.717, 1.165) is 16.5 Å². The summed E-state index contributed by atoms with van der Waals surface area (Å²) in [7, 11) is 0. The summed E-state index contributed by atoms with van der Waals surface area (Å²) >= 11 is 5.92. The molecule has 2 nitrogen and oxygen atoms in total. The quantitative estimate of drug-likeness (QED) is 0.523. The van der Waals surface area contributed by atoms with E-state index < -0.39 is 0 Å². The van der Waals surface area contributed by atoms with Crippen LogP contribution < -0.4 is 5.32 Å². The van der Waals surface area contributed by atoms with Crippen molar-refractivity contribution in [2.45, 2.75) is 0 Å². The zero-order valence-corrected chi connectivity index (χ0v) is 12.5. The lowest BCUT2D eigenvalue weighted by atomic mass is 10.0. The van der Waals surface area contributed by atoms with E-state index in [1.807, 2.05) is 54.6 Å². The second-order valence-corrected chi connectivity index (χ2v) is 5.32. The maximum atomic E-state index is 12.4. The number of carbonyl (C=O) groups is 1. The third-order valence-corrected chi connectivity index (χ3v) is 3.60. The minimum Gasteiger partial charge on any atom is -0.362 e. The smallest absolute Gasteiger partial charge is 0.187 e. The number of benzene rings is 3. The average Bonchev–Trinajstić information content (AvgIpc) is 2.54. The van der Waals surface area contributed by atoms with Crippen LogP contribution in [-0.2, 0) is 0 Å². The van der Waals surface area contributed by atoms with Crippen molar-refractivity contribution < 1.29 is 4.79 Å². The van der Waals surface area contributed by atoms with Gasteiger partial charge < -0.3 is 5.32 Å². The molecule has 0 amide bonds. The van der Waals surface area contributed by atoms with Crippen molar-refractivity contribution in [3.63, 3.8) is 0 Å². The number of carbonyl (C=O) groups excluding carboxylic acids is 1. The maximum absolute atomic E-state index is 12.4. The lowest BCUT2D eigenvalue weighted by Crippen LogP contribution is -1.97. The molecule has 0 saturated heterocycles. The molecule has 0 unspecified atom stereocenters. The second-order valence-electron chi connectivity index (χ2n) is 4.88. The molecule has 0 atom stereocenters. The maximum Gasteiger partial charge on any atom is 0.187 e. The van der Waals surface area contributed by atoms with Gasteiger partial charge in [0.15, 0.2) is 5.78 Å². The summed E-state index contributed by atoms with van der Waals surface area (Å²) < 4.78 is 0. The number of hydrogen-bond donors (Lipinski definition) is 1. The van der Waals surface area contributed by atoms with Crippen LogP contribution in [0.5, 0.6) is 0 Å². The van der Waals surface area contributed by atoms with Crippen molar-refractivity contribution in [1.82, 2.24) is 0 Å². The van der Waals surface area contributed by atoms with E-state index in [9.17, 15) is 4.79 Å². The van der Waals surface area contributed by atoms with Crippen molar-refractivity contribution >= 4 is 33.8 Å². The third kappa shape index (κ3) is 3.18. The van der Waals surface area contributed by atoms with Crippen LogP contribution in [0.1, 0.15) is 10.4 Å². The summed E-state index contributed by atoms with van der Waals surface area (Å²) in [6.07, 6.45) is 3.17. The van der Waals surface area contributed by atoms with Gasteiger partial charge in [0, 0.05) is 28.5 Å². The van der Waals surface area contributed by atoms with Gasteiger partial charge in [0.25, 0.3) is 0 Å². The molecule has 0 aromatic heterocycles. The summed E-state index contributed by atoms with van der Waals surface area (Å²) in [5, 5.41) is 5.72. The summed E-state index contributed by atoms with van der Waals surface area (Å²) in [4.78, 5) is 12.4. The molecule has 0 radical (unpaired) electrons. The summed E-state index contributed by atoms with van der Waals surface area (Å²) in [6, 6.07) is 20.9. The lowest BCUT2D eigenvalue weighted by molar-refractivity contribution is 0.104. The molecule has 0 aliphatic rings. The number of allylic oxidation sites excluding steroid dienone is 1. The molecule has 0 spiro atoms. The average molecular weight is 308 g/mol. The normalized spacial score (nSPS) is 11.0. The zero-order chi connectivity index (χ0) is 15.4. The van der Waals surface area contributed by atoms with E-state index >= 15 is 0 Å². The van der Waals surface area contributed by atoms with E-state index in [4.69, 9.17) is 11.6 Å². The highest BCUT2D eigenvalue weighted by atomic mass is 35.5. The molecule has 3 heteroatoms. The predicted octanol–water partition coefficient (Wildman–Crippen LogP) is 5.30. The molecule has 3 aromatic rings. The Hall–Kier alpha value is -2.58. The van der Waals surface area contributed by atoms with E-state index in [2.05, 4.69) is 5.32 Å². The molecule has 1 N–H and O–H groups in total. The Morgan fingerprint density at radius 2 is 1.73 bits per heavy atom. The highest BCUT2D eigenvalue weighted by molar-refractivity contribution is 6.30. The zero-order valence-electron chi connectivity index (χ0n) is 11.8. The van der Waals surface area contributed by atoms with Crippen LogP contribution in [0, 0.1) is 0 Å². The largest absolute Gasteiger partial charge is 0.362 e. The van der Waals surface area contributed by atoms with Crippen molar-refractivity contribution in [1.29, 1.82) is 0 Å². The van der Waals surface area contributed by atoms with Gasteiger partial charge in [-0.3, -0.25) is 4.79 Å². The lowest BCUT2D eigenvalue weighted by Gasteiger charge is -2.03. The van der Waals surface area contributed by atoms with Crippen molar-refractivity contribution in [3.05, 3.63) is 89.6 Å². The van der Waals surface area contributed by atoms with Crippen LogP contribution in [0.25, 0.3) is 10.8 Å². The predicted molar refractivity (Wildman–Crippen MR) is 92.5 cm³/mol. The molecule has 0 fully saturated rings. The molecular weight excluding hydrogens is 294 g/mol. The Balaban J connectivity index is 1.80. The Morgan fingerprint density at radius 1 is 0.955 bits per heavy atom. The highest BCUT2D eigenvalue weighted by Crippen LogP contribution is 2.19. The van der Waals surface area contributed by atoms with E-state index in [0.29, 0.717) is 10.6 Å². The fraction of sp³-hybridized carbons (Fsp3) is 0. The van der Waals surface area contributed by atoms with Crippen LogP contribution in [0.15, 0.2) is 79.0 Å². The summed E-state index contributed by atoms with van der Waals surface area (Å²) in [6.45, 7) is 0. The molecule has 0 aliphatic heterocycles. The SMILES string of the molecule is O=C(/C=C/Nc1cccc(Cl)c1)c1cccc2ccccc12. The first-order valence-electron chi connectivity index (χ1n) is 6.95. The van der Waals surface area contributed by atoms with Crippen LogP contribution >= 0.6 is 11.6 Å². The number of ketones is 1. The monoisotopic (exact) mass is 307 g/mol. The van der Waals surface area contributed by atoms with Crippen molar-refractivity contribution in [2.24, 2.45) is 0 Å². The molecule has 3 aromatic carbocycles. The van der Waals surface area contributed by atoms with E-state index in [1.165, 1.54) is 6.08 Å². The van der Waals surface area contributed by atoms with Gasteiger partial charge in [-0.2, -0.15) is 0 Å². The topological polar surface area (TPSA) is 29.1 Å². The molecule has 0 bridgehead atoms. The molecule has 0 aliphatic carbocycles. The van der Waals surface area contributed by atoms with Gasteiger partial charge in [-0.15, -0.1) is 0 Å². The van der Waals surface area contributed by atoms with E-state index in [1.54, 1.807) is 18.3 Å². The number of rotatable bonds is 4. The number of halogens is 1. The molecule has 22 heavy (non-hydrogen) atoms. The van der Waals surface area contributed by atoms with Crippen LogP contribution in [0.2, 0.25) is 5.02 Å². The number of hydrogen-bond acceptors (Lipinski definition) is 2. The number of fused-ring (bicyclic) bond motifs is 1. The van der Waals surface area contributed by atoms with E-state index in [-0.39, 0.29) is 5.78 Å². The Kier molecular flexibility index (Phi) is 4.22. The first-order chi connectivity index (χ1) is 10.7. The molecular formula is C19H14ClNO. The first-order valence-corrected chi connectivity index (χ1v) is 7.32. The van der Waals surface area contributed by atoms with Crippen LogP contribution in [0.3, 0.4) is 0 Å². The van der Waals surface area contributed by atoms with Gasteiger partial charge in [-0.1, -0.05) is 60.1 Å². The van der Waals surface area contributed by atoms with Crippen LogP contribution in [-0.4, -0.2) is 5.78 Å². The van der Waals surface area contributed by atoms with Gasteiger partial charge in [0.2, 0.25) is 0 Å². The fourth-order valence-corrected chi connectivity index (χ4v) is 2.51. The first kappa shape index (κ1) is 14.4. The minimum atomic E-state index is -0.0358.